The molecule has 1 rings (SSSR count). The van der Waals surface area contributed by atoms with Crippen molar-refractivity contribution in [2.45, 2.75) is 40.0 Å². The van der Waals surface area contributed by atoms with Crippen LogP contribution in [0.1, 0.15) is 40.0 Å². The van der Waals surface area contributed by atoms with E-state index in [0.717, 1.165) is 6.42 Å². The molecule has 0 aromatic heterocycles. The second-order valence-corrected chi connectivity index (χ2v) is 4.49. The van der Waals surface area contributed by atoms with E-state index in [4.69, 9.17) is 0 Å². The van der Waals surface area contributed by atoms with E-state index in [9.17, 15) is 0 Å². The summed E-state index contributed by atoms with van der Waals surface area (Å²) < 4.78 is 0. The quantitative estimate of drug-likeness (QED) is 0.455. The maximum atomic E-state index is 2.38. The van der Waals surface area contributed by atoms with E-state index < -0.39 is 0 Å². The largest absolute Gasteiger partial charge is 0.0856 e. The van der Waals surface area contributed by atoms with E-state index in [1.165, 1.54) is 24.0 Å². The Balaban J connectivity index is 2.47. The Kier molecular flexibility index (Phi) is 5.17. The Morgan fingerprint density at radius 3 is 2.87 bits per heavy atom. The van der Waals surface area contributed by atoms with Crippen molar-refractivity contribution in [3.63, 3.8) is 0 Å². The van der Waals surface area contributed by atoms with Gasteiger partial charge in [-0.2, -0.15) is 0 Å². The van der Waals surface area contributed by atoms with Gasteiger partial charge in [-0.15, -0.1) is 0 Å². The van der Waals surface area contributed by atoms with Gasteiger partial charge in [-0.05, 0) is 44.6 Å². The number of rotatable bonds is 3. The van der Waals surface area contributed by atoms with Gasteiger partial charge < -0.3 is 0 Å². The van der Waals surface area contributed by atoms with Crippen molar-refractivity contribution in [3.05, 3.63) is 47.6 Å². The molecule has 0 heterocycles. The molecule has 1 aliphatic carbocycles. The average molecular weight is 202 g/mol. The molecule has 0 fully saturated rings. The van der Waals surface area contributed by atoms with Gasteiger partial charge in [0.1, 0.15) is 0 Å². The third-order valence-electron chi connectivity index (χ3n) is 2.69. The highest BCUT2D eigenvalue weighted by molar-refractivity contribution is 5.27. The zero-order chi connectivity index (χ0) is 11.1. The molecule has 0 spiro atoms. The highest BCUT2D eigenvalue weighted by Gasteiger charge is 2.04. The first-order chi connectivity index (χ1) is 7.20. The first-order valence-corrected chi connectivity index (χ1v) is 5.87. The van der Waals surface area contributed by atoms with Gasteiger partial charge >= 0.3 is 0 Å². The molecule has 1 unspecified atom stereocenters. The Bertz CT molecular complexity index is 296. The smallest absolute Gasteiger partial charge is 0.0159 e. The number of allylic oxidation sites excluding steroid dienone is 8. The van der Waals surface area contributed by atoms with Crippen LogP contribution in [-0.2, 0) is 0 Å². The summed E-state index contributed by atoms with van der Waals surface area (Å²) in [6, 6.07) is 0. The van der Waals surface area contributed by atoms with Crippen molar-refractivity contribution in [2.75, 3.05) is 0 Å². The van der Waals surface area contributed by atoms with Crippen molar-refractivity contribution in [2.24, 2.45) is 5.92 Å². The molecule has 0 heteroatoms. The lowest BCUT2D eigenvalue weighted by atomic mass is 9.97. The van der Waals surface area contributed by atoms with E-state index in [1.807, 2.05) is 0 Å². The van der Waals surface area contributed by atoms with Crippen LogP contribution in [0.25, 0.3) is 0 Å². The van der Waals surface area contributed by atoms with Gasteiger partial charge in [0.15, 0.2) is 0 Å². The van der Waals surface area contributed by atoms with Crippen molar-refractivity contribution in [1.29, 1.82) is 0 Å². The van der Waals surface area contributed by atoms with Gasteiger partial charge in [0.25, 0.3) is 0 Å². The standard InChI is InChI=1S/C15H22/c1-13(2)9-7-8-12-15-11-6-4-5-10-14(15)3/h4-6,9,11-12,14H,7-8,10H2,1-3H3. The number of unbranched alkanes of at least 4 members (excludes halogenated alkanes) is 1. The van der Waals surface area contributed by atoms with Crippen LogP contribution in [-0.4, -0.2) is 0 Å². The summed E-state index contributed by atoms with van der Waals surface area (Å²) in [5.41, 5.74) is 2.90. The molecule has 0 amide bonds. The summed E-state index contributed by atoms with van der Waals surface area (Å²) in [4.78, 5) is 0. The molecule has 0 radical (unpaired) electrons. The first-order valence-electron chi connectivity index (χ1n) is 5.87. The van der Waals surface area contributed by atoms with Gasteiger partial charge in [0.2, 0.25) is 0 Å². The molecule has 0 nitrogen and oxygen atoms in total. The third kappa shape index (κ3) is 4.83. The van der Waals surface area contributed by atoms with Crippen molar-refractivity contribution in [1.82, 2.24) is 0 Å². The van der Waals surface area contributed by atoms with Crippen molar-refractivity contribution < 1.29 is 0 Å². The average Bonchev–Trinajstić information content (AvgIpc) is 2.38. The lowest BCUT2D eigenvalue weighted by Crippen LogP contribution is -1.94. The van der Waals surface area contributed by atoms with Crippen LogP contribution < -0.4 is 0 Å². The monoisotopic (exact) mass is 202 g/mol. The highest BCUT2D eigenvalue weighted by Crippen LogP contribution is 2.20. The fourth-order valence-electron chi connectivity index (χ4n) is 1.72. The number of hydrogen-bond donors (Lipinski definition) is 0. The maximum Gasteiger partial charge on any atom is -0.0159 e. The molecule has 0 aromatic rings. The molecule has 1 atom stereocenters. The van der Waals surface area contributed by atoms with Gasteiger partial charge in [0, 0.05) is 0 Å². The molecule has 82 valence electrons. The topological polar surface area (TPSA) is 0 Å². The fraction of sp³-hybridized carbons (Fsp3) is 0.467. The molecule has 15 heavy (non-hydrogen) atoms. The van der Waals surface area contributed by atoms with Gasteiger partial charge in [-0.3, -0.25) is 0 Å². The van der Waals surface area contributed by atoms with Gasteiger partial charge in [-0.1, -0.05) is 49.0 Å². The van der Waals surface area contributed by atoms with Crippen LogP contribution in [0, 0.1) is 5.92 Å². The van der Waals surface area contributed by atoms with Crippen molar-refractivity contribution in [3.8, 4) is 0 Å². The van der Waals surface area contributed by atoms with E-state index in [2.05, 4.69) is 57.2 Å². The minimum Gasteiger partial charge on any atom is -0.0856 e. The zero-order valence-electron chi connectivity index (χ0n) is 10.2. The van der Waals surface area contributed by atoms with Crippen LogP contribution in [0.4, 0.5) is 0 Å². The molecule has 0 saturated carbocycles. The predicted octanol–water partition coefficient (Wildman–Crippen LogP) is 4.81. The molecular weight excluding hydrogens is 180 g/mol. The van der Waals surface area contributed by atoms with E-state index in [0.29, 0.717) is 5.92 Å². The minimum atomic E-state index is 0.673. The van der Waals surface area contributed by atoms with Crippen LogP contribution >= 0.6 is 0 Å². The predicted molar refractivity (Wildman–Crippen MR) is 68.8 cm³/mol. The SMILES string of the molecule is CC(C)=CCCC=C1C=CC=CCC1C. The lowest BCUT2D eigenvalue weighted by Gasteiger charge is -2.08. The first kappa shape index (κ1) is 12.0. The Morgan fingerprint density at radius 2 is 2.13 bits per heavy atom. The fourth-order valence-corrected chi connectivity index (χ4v) is 1.72. The molecule has 0 bridgehead atoms. The van der Waals surface area contributed by atoms with Crippen LogP contribution in [0.3, 0.4) is 0 Å². The molecule has 0 saturated heterocycles. The Hall–Kier alpha value is -1.04. The van der Waals surface area contributed by atoms with Crippen LogP contribution in [0.15, 0.2) is 47.6 Å². The second-order valence-electron chi connectivity index (χ2n) is 4.49. The van der Waals surface area contributed by atoms with E-state index >= 15 is 0 Å². The Morgan fingerprint density at radius 1 is 1.33 bits per heavy atom. The molecule has 0 N–H and O–H groups in total. The van der Waals surface area contributed by atoms with Gasteiger partial charge in [0.05, 0.1) is 0 Å². The summed E-state index contributed by atoms with van der Waals surface area (Å²) in [6.45, 7) is 6.61. The Labute approximate surface area is 94.1 Å². The molecule has 0 aromatic carbocycles. The van der Waals surface area contributed by atoms with Crippen LogP contribution in [0.5, 0.6) is 0 Å². The zero-order valence-corrected chi connectivity index (χ0v) is 10.2. The van der Waals surface area contributed by atoms with Gasteiger partial charge in [-0.25, -0.2) is 0 Å². The normalized spacial score (nSPS) is 22.9. The highest BCUT2D eigenvalue weighted by atomic mass is 14.1. The van der Waals surface area contributed by atoms with Crippen molar-refractivity contribution >= 4 is 0 Å². The molecule has 1 aliphatic rings. The maximum absolute atomic E-state index is 2.38. The summed E-state index contributed by atoms with van der Waals surface area (Å²) in [5.74, 6) is 0.673. The second kappa shape index (κ2) is 6.44. The molecular formula is C15H22. The third-order valence-corrected chi connectivity index (χ3v) is 2.69. The minimum absolute atomic E-state index is 0.673. The van der Waals surface area contributed by atoms with E-state index in [1.54, 1.807) is 0 Å². The summed E-state index contributed by atoms with van der Waals surface area (Å²) >= 11 is 0. The number of hydrogen-bond acceptors (Lipinski definition) is 0. The summed E-state index contributed by atoms with van der Waals surface area (Å²) in [7, 11) is 0. The van der Waals surface area contributed by atoms with E-state index in [-0.39, 0.29) is 0 Å². The lowest BCUT2D eigenvalue weighted by molar-refractivity contribution is 0.710. The summed E-state index contributed by atoms with van der Waals surface area (Å²) in [6.07, 6.45) is 17.0. The molecule has 0 aliphatic heterocycles. The summed E-state index contributed by atoms with van der Waals surface area (Å²) in [5, 5.41) is 0. The van der Waals surface area contributed by atoms with Crippen LogP contribution in [0.2, 0.25) is 0 Å².